The molecule has 0 aliphatic carbocycles. The number of carbonyl (C=O) groups excluding carboxylic acids is 2. The molecule has 0 fully saturated rings. The van der Waals surface area contributed by atoms with Crippen LogP contribution in [0, 0.1) is 6.92 Å². The minimum atomic E-state index is -0.860. The van der Waals surface area contributed by atoms with E-state index in [2.05, 4.69) is 15.6 Å². The first-order chi connectivity index (χ1) is 18.3. The first-order valence-electron chi connectivity index (χ1n) is 11.6. The number of aliphatic carboxylic acids is 1. The third kappa shape index (κ3) is 6.99. The summed E-state index contributed by atoms with van der Waals surface area (Å²) >= 11 is 2.94. The number of aromatic nitrogens is 1. The maximum atomic E-state index is 13.3. The summed E-state index contributed by atoms with van der Waals surface area (Å²) in [4.78, 5) is 43.1. The molecular weight excluding hydrogens is 522 g/mol. The summed E-state index contributed by atoms with van der Waals surface area (Å²) in [7, 11) is 1.51. The van der Waals surface area contributed by atoms with Gasteiger partial charge in [-0.2, -0.15) is 0 Å². The number of para-hydroxylation sites is 1. The van der Waals surface area contributed by atoms with Crippen LogP contribution in [0.15, 0.2) is 77.8 Å². The van der Waals surface area contributed by atoms with E-state index in [0.717, 1.165) is 20.9 Å². The van der Waals surface area contributed by atoms with Crippen LogP contribution in [0.5, 0.6) is 5.75 Å². The number of hydrogen-bond acceptors (Lipinski definition) is 7. The van der Waals surface area contributed by atoms with Gasteiger partial charge in [0.15, 0.2) is 10.9 Å². The predicted octanol–water partition coefficient (Wildman–Crippen LogP) is 6.25. The predicted molar refractivity (Wildman–Crippen MR) is 150 cm³/mol. The maximum Gasteiger partial charge on any atom is 0.325 e. The lowest BCUT2D eigenvalue weighted by atomic mass is 9.99. The standard InChI is InChI=1S/C28H25N3O5S2/c1-17-7-12-23(22(13-17)26(34)21-5-3-4-6-24(21)36-2)30-27(35)31-28-29-15-20(38-28)16-37-19-10-8-18(9-11-19)14-25(32)33/h3-13,15H,14,16H2,1-2H3,(H,32,33)(H2,29,30,31,35). The molecule has 0 atom stereocenters. The Morgan fingerprint density at radius 1 is 1.00 bits per heavy atom. The number of methoxy groups -OCH3 is 1. The van der Waals surface area contributed by atoms with Crippen LogP contribution < -0.4 is 15.4 Å². The summed E-state index contributed by atoms with van der Waals surface area (Å²) in [6.45, 7) is 1.88. The van der Waals surface area contributed by atoms with Crippen molar-refractivity contribution in [2.45, 2.75) is 24.0 Å². The van der Waals surface area contributed by atoms with Gasteiger partial charge in [0.1, 0.15) is 5.75 Å². The molecule has 0 bridgehead atoms. The zero-order valence-corrected chi connectivity index (χ0v) is 22.3. The molecule has 194 valence electrons. The number of benzene rings is 3. The Bertz CT molecular complexity index is 1470. The van der Waals surface area contributed by atoms with Gasteiger partial charge in [-0.05, 0) is 48.9 Å². The van der Waals surface area contributed by atoms with Crippen molar-refractivity contribution in [1.82, 2.24) is 4.98 Å². The molecule has 0 radical (unpaired) electrons. The van der Waals surface area contributed by atoms with Crippen LogP contribution in [0.3, 0.4) is 0 Å². The molecule has 3 N–H and O–H groups in total. The second-order valence-corrected chi connectivity index (χ2v) is 10.5. The van der Waals surface area contributed by atoms with Crippen LogP contribution in [0.1, 0.15) is 31.9 Å². The Balaban J connectivity index is 1.39. The van der Waals surface area contributed by atoms with Gasteiger partial charge in [0.05, 0.1) is 24.8 Å². The first-order valence-corrected chi connectivity index (χ1v) is 13.4. The molecule has 10 heteroatoms. The third-order valence-corrected chi connectivity index (χ3v) is 7.61. The molecule has 0 aliphatic heterocycles. The van der Waals surface area contributed by atoms with E-state index in [0.29, 0.717) is 33.4 Å². The Hall–Kier alpha value is -4.15. The molecule has 0 saturated carbocycles. The second kappa shape index (κ2) is 12.4. The molecule has 0 saturated heterocycles. The van der Waals surface area contributed by atoms with Gasteiger partial charge in [0, 0.05) is 27.3 Å². The molecule has 0 aliphatic rings. The summed E-state index contributed by atoms with van der Waals surface area (Å²) in [6, 6.07) is 19.1. The van der Waals surface area contributed by atoms with Crippen LogP contribution in [0.4, 0.5) is 15.6 Å². The topological polar surface area (TPSA) is 118 Å². The van der Waals surface area contributed by atoms with Gasteiger partial charge in [0.25, 0.3) is 0 Å². The minimum absolute atomic E-state index is 0.00439. The number of amides is 2. The molecule has 0 unspecified atom stereocenters. The van der Waals surface area contributed by atoms with E-state index in [9.17, 15) is 14.4 Å². The normalized spacial score (nSPS) is 10.6. The van der Waals surface area contributed by atoms with Crippen LogP contribution in [-0.4, -0.2) is 35.0 Å². The number of carboxylic acid groups (broad SMARTS) is 1. The number of urea groups is 1. The monoisotopic (exact) mass is 547 g/mol. The van der Waals surface area contributed by atoms with Crippen molar-refractivity contribution in [3.63, 3.8) is 0 Å². The number of thiazole rings is 1. The molecule has 2 amide bonds. The second-order valence-electron chi connectivity index (χ2n) is 8.29. The van der Waals surface area contributed by atoms with E-state index in [4.69, 9.17) is 9.84 Å². The van der Waals surface area contributed by atoms with Gasteiger partial charge in [-0.25, -0.2) is 9.78 Å². The van der Waals surface area contributed by atoms with Crippen molar-refractivity contribution in [1.29, 1.82) is 0 Å². The number of hydrogen-bond donors (Lipinski definition) is 3. The highest BCUT2D eigenvalue weighted by atomic mass is 32.2. The van der Waals surface area contributed by atoms with Gasteiger partial charge in [-0.3, -0.25) is 14.9 Å². The summed E-state index contributed by atoms with van der Waals surface area (Å²) < 4.78 is 5.34. The SMILES string of the molecule is COc1ccccc1C(=O)c1cc(C)ccc1NC(=O)Nc1ncc(CSc2ccc(CC(=O)O)cc2)s1. The third-order valence-electron chi connectivity index (χ3n) is 5.45. The fraction of sp³-hybridized carbons (Fsp3) is 0.143. The van der Waals surface area contributed by atoms with E-state index in [1.807, 2.05) is 25.1 Å². The summed E-state index contributed by atoms with van der Waals surface area (Å²) in [5.74, 6) is -0.0139. The zero-order valence-electron chi connectivity index (χ0n) is 20.7. The summed E-state index contributed by atoms with van der Waals surface area (Å²) in [6.07, 6.45) is 1.70. The van der Waals surface area contributed by atoms with Gasteiger partial charge in [0.2, 0.25) is 0 Å². The largest absolute Gasteiger partial charge is 0.496 e. The van der Waals surface area contributed by atoms with Gasteiger partial charge in [-0.15, -0.1) is 23.1 Å². The quantitative estimate of drug-likeness (QED) is 0.159. The summed E-state index contributed by atoms with van der Waals surface area (Å²) in [5.41, 5.74) is 2.77. The molecule has 1 aromatic heterocycles. The molecule has 8 nitrogen and oxygen atoms in total. The number of carbonyl (C=O) groups is 3. The lowest BCUT2D eigenvalue weighted by Gasteiger charge is -2.13. The number of anilines is 2. The van der Waals surface area contributed by atoms with Gasteiger partial charge in [-0.1, -0.05) is 35.9 Å². The lowest BCUT2D eigenvalue weighted by molar-refractivity contribution is -0.136. The highest BCUT2D eigenvalue weighted by Crippen LogP contribution is 2.29. The molecular formula is C28H25N3O5S2. The molecule has 0 spiro atoms. The fourth-order valence-corrected chi connectivity index (χ4v) is 5.37. The number of rotatable bonds is 10. The zero-order chi connectivity index (χ0) is 27.1. The van der Waals surface area contributed by atoms with Gasteiger partial charge >= 0.3 is 12.0 Å². The number of ether oxygens (including phenoxy) is 1. The smallest absolute Gasteiger partial charge is 0.325 e. The van der Waals surface area contributed by atoms with E-state index < -0.39 is 12.0 Å². The van der Waals surface area contributed by atoms with Crippen molar-refractivity contribution in [3.8, 4) is 5.75 Å². The number of nitrogens with zero attached hydrogens (tertiary/aromatic N) is 1. The Morgan fingerprint density at radius 3 is 2.50 bits per heavy atom. The molecule has 4 aromatic rings. The molecule has 1 heterocycles. The maximum absolute atomic E-state index is 13.3. The van der Waals surface area contributed by atoms with Crippen molar-refractivity contribution in [2.24, 2.45) is 0 Å². The van der Waals surface area contributed by atoms with E-state index >= 15 is 0 Å². The number of carboxylic acids is 1. The first kappa shape index (κ1) is 26.9. The van der Waals surface area contributed by atoms with Crippen LogP contribution in [-0.2, 0) is 17.0 Å². The minimum Gasteiger partial charge on any atom is -0.496 e. The molecule has 3 aromatic carbocycles. The Kier molecular flexibility index (Phi) is 8.77. The molecule has 38 heavy (non-hydrogen) atoms. The van der Waals surface area contributed by atoms with Crippen molar-refractivity contribution < 1.29 is 24.2 Å². The van der Waals surface area contributed by atoms with Crippen molar-refractivity contribution in [3.05, 3.63) is 100 Å². The average molecular weight is 548 g/mol. The fourth-order valence-electron chi connectivity index (χ4n) is 3.65. The van der Waals surface area contributed by atoms with Crippen LogP contribution in [0.25, 0.3) is 0 Å². The average Bonchev–Trinajstić information content (AvgIpc) is 3.35. The van der Waals surface area contributed by atoms with E-state index in [1.54, 1.807) is 66.5 Å². The lowest BCUT2D eigenvalue weighted by Crippen LogP contribution is -2.21. The van der Waals surface area contributed by atoms with E-state index in [-0.39, 0.29) is 12.2 Å². The van der Waals surface area contributed by atoms with E-state index in [1.165, 1.54) is 18.4 Å². The highest BCUT2D eigenvalue weighted by Gasteiger charge is 2.19. The number of ketones is 1. The number of aryl methyl sites for hydroxylation is 1. The van der Waals surface area contributed by atoms with Crippen molar-refractivity contribution >= 4 is 51.7 Å². The number of thioether (sulfide) groups is 1. The number of nitrogens with one attached hydrogen (secondary N) is 2. The van der Waals surface area contributed by atoms with Crippen molar-refractivity contribution in [2.75, 3.05) is 17.7 Å². The van der Waals surface area contributed by atoms with Crippen LogP contribution in [0.2, 0.25) is 0 Å². The molecule has 4 rings (SSSR count). The van der Waals surface area contributed by atoms with Crippen LogP contribution >= 0.6 is 23.1 Å². The van der Waals surface area contributed by atoms with Gasteiger partial charge < -0.3 is 15.2 Å². The highest BCUT2D eigenvalue weighted by molar-refractivity contribution is 7.98. The Labute approximate surface area is 228 Å². The summed E-state index contributed by atoms with van der Waals surface area (Å²) in [5, 5.41) is 14.8. The Morgan fingerprint density at radius 2 is 1.76 bits per heavy atom.